The van der Waals surface area contributed by atoms with Gasteiger partial charge in [0.25, 0.3) is 5.91 Å². The highest BCUT2D eigenvalue weighted by atomic mass is 16.1. The summed E-state index contributed by atoms with van der Waals surface area (Å²) >= 11 is 0. The molecule has 1 unspecified atom stereocenters. The van der Waals surface area contributed by atoms with Gasteiger partial charge in [0.05, 0.1) is 6.54 Å². The van der Waals surface area contributed by atoms with Crippen molar-refractivity contribution in [2.45, 2.75) is 59.7 Å². The van der Waals surface area contributed by atoms with Crippen molar-refractivity contribution in [2.75, 3.05) is 13.1 Å². The summed E-state index contributed by atoms with van der Waals surface area (Å²) in [5, 5.41) is 17.6. The van der Waals surface area contributed by atoms with Gasteiger partial charge in [0.2, 0.25) is 0 Å². The summed E-state index contributed by atoms with van der Waals surface area (Å²) < 4.78 is 2.04. The molecule has 8 nitrogen and oxygen atoms in total. The number of carbonyl (C=O) groups excluding carboxylic acids is 1. The van der Waals surface area contributed by atoms with Crippen molar-refractivity contribution in [3.63, 3.8) is 0 Å². The molecule has 0 spiro atoms. The van der Waals surface area contributed by atoms with Gasteiger partial charge in [-0.25, -0.2) is 4.99 Å². The number of hydrogen-bond acceptors (Lipinski definition) is 4. The van der Waals surface area contributed by atoms with Crippen LogP contribution in [-0.4, -0.2) is 45.8 Å². The van der Waals surface area contributed by atoms with Crippen molar-refractivity contribution in [2.24, 2.45) is 4.99 Å². The standard InChI is InChI=1S/C21H33N7O/c1-5-16(4)26-20(29)18-10-8-9-17(13-18)14-24-21(22-7-3)23-11-12-28-15-25-27-19(28)6-2/h8-10,13,15-16H,5-7,11-12,14H2,1-4H3,(H,26,29)(H2,22,23,24). The van der Waals surface area contributed by atoms with E-state index in [1.54, 1.807) is 6.33 Å². The predicted octanol–water partition coefficient (Wildman–Crippen LogP) is 2.12. The molecule has 0 aliphatic carbocycles. The first-order valence-corrected chi connectivity index (χ1v) is 10.4. The third-order valence-electron chi connectivity index (χ3n) is 4.60. The van der Waals surface area contributed by atoms with Gasteiger partial charge in [-0.15, -0.1) is 10.2 Å². The summed E-state index contributed by atoms with van der Waals surface area (Å²) in [4.78, 5) is 17.0. The number of hydrogen-bond donors (Lipinski definition) is 3. The first-order valence-electron chi connectivity index (χ1n) is 10.4. The number of benzene rings is 1. The minimum atomic E-state index is -0.0455. The van der Waals surface area contributed by atoms with E-state index in [1.165, 1.54) is 0 Å². The molecule has 0 aliphatic heterocycles. The lowest BCUT2D eigenvalue weighted by molar-refractivity contribution is 0.0939. The molecule has 1 heterocycles. The van der Waals surface area contributed by atoms with Crippen LogP contribution in [0.15, 0.2) is 35.6 Å². The zero-order valence-electron chi connectivity index (χ0n) is 17.9. The van der Waals surface area contributed by atoms with Crippen LogP contribution in [0, 0.1) is 0 Å². The topological polar surface area (TPSA) is 96.2 Å². The maximum atomic E-state index is 12.3. The minimum Gasteiger partial charge on any atom is -0.357 e. The third-order valence-corrected chi connectivity index (χ3v) is 4.60. The molecule has 0 fully saturated rings. The number of amides is 1. The average molecular weight is 400 g/mol. The van der Waals surface area contributed by atoms with Gasteiger partial charge in [-0.05, 0) is 38.0 Å². The van der Waals surface area contributed by atoms with Crippen LogP contribution < -0.4 is 16.0 Å². The van der Waals surface area contributed by atoms with E-state index in [0.29, 0.717) is 18.7 Å². The van der Waals surface area contributed by atoms with Gasteiger partial charge in [-0.2, -0.15) is 0 Å². The van der Waals surface area contributed by atoms with Crippen molar-refractivity contribution in [1.82, 2.24) is 30.7 Å². The number of carbonyl (C=O) groups is 1. The summed E-state index contributed by atoms with van der Waals surface area (Å²) in [6.07, 6.45) is 3.51. The number of nitrogens with zero attached hydrogens (tertiary/aromatic N) is 4. The Morgan fingerprint density at radius 3 is 2.79 bits per heavy atom. The molecular weight excluding hydrogens is 366 g/mol. The predicted molar refractivity (Wildman–Crippen MR) is 116 cm³/mol. The largest absolute Gasteiger partial charge is 0.357 e. The zero-order chi connectivity index (χ0) is 21.1. The van der Waals surface area contributed by atoms with Gasteiger partial charge < -0.3 is 20.5 Å². The molecule has 1 aromatic heterocycles. The van der Waals surface area contributed by atoms with E-state index in [-0.39, 0.29) is 11.9 Å². The van der Waals surface area contributed by atoms with Crippen LogP contribution in [0.25, 0.3) is 0 Å². The van der Waals surface area contributed by atoms with Crippen LogP contribution in [-0.2, 0) is 19.5 Å². The summed E-state index contributed by atoms with van der Waals surface area (Å²) in [5.41, 5.74) is 1.65. The molecule has 2 aromatic rings. The van der Waals surface area contributed by atoms with Gasteiger partial charge >= 0.3 is 0 Å². The molecule has 1 atom stereocenters. The van der Waals surface area contributed by atoms with Gasteiger partial charge in [0.1, 0.15) is 12.2 Å². The van der Waals surface area contributed by atoms with Crippen LogP contribution in [0.4, 0.5) is 0 Å². The molecule has 0 bridgehead atoms. The molecule has 1 aromatic carbocycles. The molecule has 158 valence electrons. The monoisotopic (exact) mass is 399 g/mol. The van der Waals surface area contributed by atoms with Crippen molar-refractivity contribution in [3.05, 3.63) is 47.5 Å². The molecule has 3 N–H and O–H groups in total. The fraction of sp³-hybridized carbons (Fsp3) is 0.524. The first-order chi connectivity index (χ1) is 14.1. The Hall–Kier alpha value is -2.90. The number of aromatic nitrogens is 3. The third kappa shape index (κ3) is 7.21. The number of aliphatic imine (C=N–C) groups is 1. The second-order valence-electron chi connectivity index (χ2n) is 6.90. The Balaban J connectivity index is 1.95. The summed E-state index contributed by atoms with van der Waals surface area (Å²) in [6.45, 7) is 10.9. The van der Waals surface area contributed by atoms with Gasteiger partial charge in [0, 0.05) is 37.7 Å². The van der Waals surface area contributed by atoms with Gasteiger partial charge in [-0.1, -0.05) is 26.0 Å². The number of guanidine groups is 1. The molecule has 1 amide bonds. The maximum absolute atomic E-state index is 12.3. The van der Waals surface area contributed by atoms with Crippen LogP contribution in [0.1, 0.15) is 55.9 Å². The highest BCUT2D eigenvalue weighted by Crippen LogP contribution is 2.07. The van der Waals surface area contributed by atoms with E-state index in [0.717, 1.165) is 43.3 Å². The Morgan fingerprint density at radius 2 is 2.07 bits per heavy atom. The number of nitrogens with one attached hydrogen (secondary N) is 3. The quantitative estimate of drug-likeness (QED) is 0.420. The highest BCUT2D eigenvalue weighted by molar-refractivity contribution is 5.94. The van der Waals surface area contributed by atoms with E-state index in [2.05, 4.69) is 45.0 Å². The summed E-state index contributed by atoms with van der Waals surface area (Å²) in [7, 11) is 0. The van der Waals surface area contributed by atoms with Crippen molar-refractivity contribution < 1.29 is 4.79 Å². The van der Waals surface area contributed by atoms with E-state index in [1.807, 2.05) is 42.7 Å². The lowest BCUT2D eigenvalue weighted by Crippen LogP contribution is -2.39. The van der Waals surface area contributed by atoms with Gasteiger partial charge in [-0.3, -0.25) is 4.79 Å². The molecular formula is C21H33N7O. The van der Waals surface area contributed by atoms with E-state index in [4.69, 9.17) is 0 Å². The fourth-order valence-corrected chi connectivity index (χ4v) is 2.77. The Bertz CT molecular complexity index is 800. The number of aryl methyl sites for hydroxylation is 1. The highest BCUT2D eigenvalue weighted by Gasteiger charge is 2.09. The molecule has 0 saturated carbocycles. The SMILES string of the molecule is CCNC(=NCc1cccc(C(=O)NC(C)CC)c1)NCCn1cnnc1CC. The maximum Gasteiger partial charge on any atom is 0.251 e. The second kappa shape index (κ2) is 11.8. The fourth-order valence-electron chi connectivity index (χ4n) is 2.77. The lowest BCUT2D eigenvalue weighted by atomic mass is 10.1. The van der Waals surface area contributed by atoms with Crippen LogP contribution in [0.5, 0.6) is 0 Å². The minimum absolute atomic E-state index is 0.0455. The molecule has 0 saturated heterocycles. The smallest absolute Gasteiger partial charge is 0.251 e. The summed E-state index contributed by atoms with van der Waals surface area (Å²) in [6, 6.07) is 7.77. The molecule has 2 rings (SSSR count). The molecule has 8 heteroatoms. The van der Waals surface area contributed by atoms with E-state index in [9.17, 15) is 4.79 Å². The van der Waals surface area contributed by atoms with E-state index < -0.39 is 0 Å². The average Bonchev–Trinajstić information content (AvgIpc) is 3.19. The normalized spacial score (nSPS) is 12.5. The first kappa shape index (κ1) is 22.4. The van der Waals surface area contributed by atoms with E-state index >= 15 is 0 Å². The second-order valence-corrected chi connectivity index (χ2v) is 6.90. The van der Waals surface area contributed by atoms with Gasteiger partial charge in [0.15, 0.2) is 5.96 Å². The zero-order valence-corrected chi connectivity index (χ0v) is 17.9. The van der Waals surface area contributed by atoms with Crippen molar-refractivity contribution >= 4 is 11.9 Å². The van der Waals surface area contributed by atoms with Crippen LogP contribution in [0.2, 0.25) is 0 Å². The summed E-state index contributed by atoms with van der Waals surface area (Å²) in [5.74, 6) is 1.67. The Labute approximate surface area is 173 Å². The van der Waals surface area contributed by atoms with Crippen molar-refractivity contribution in [1.29, 1.82) is 0 Å². The number of rotatable bonds is 10. The van der Waals surface area contributed by atoms with Crippen molar-refractivity contribution in [3.8, 4) is 0 Å². The molecule has 29 heavy (non-hydrogen) atoms. The van der Waals surface area contributed by atoms with Crippen LogP contribution in [0.3, 0.4) is 0 Å². The lowest BCUT2D eigenvalue weighted by Gasteiger charge is -2.13. The molecule has 0 aliphatic rings. The van der Waals surface area contributed by atoms with Crippen LogP contribution >= 0.6 is 0 Å². The molecule has 0 radical (unpaired) electrons. The Kier molecular flexibility index (Phi) is 9.14. The Morgan fingerprint density at radius 1 is 1.24 bits per heavy atom.